The van der Waals surface area contributed by atoms with Gasteiger partial charge < -0.3 is 15.4 Å². The summed E-state index contributed by atoms with van der Waals surface area (Å²) in [6, 6.07) is 23.9. The minimum absolute atomic E-state index is 0.173. The van der Waals surface area contributed by atoms with Gasteiger partial charge in [0.05, 0.1) is 23.9 Å². The van der Waals surface area contributed by atoms with E-state index in [1.807, 2.05) is 48.5 Å². The van der Waals surface area contributed by atoms with Crippen LogP contribution in [0.4, 0.5) is 11.4 Å². The van der Waals surface area contributed by atoms with Crippen LogP contribution in [0.1, 0.15) is 17.3 Å². The van der Waals surface area contributed by atoms with Crippen molar-refractivity contribution < 1.29 is 14.3 Å². The Hall–Kier alpha value is -4.19. The molecule has 0 spiro atoms. The van der Waals surface area contributed by atoms with E-state index in [0.717, 1.165) is 22.2 Å². The molecule has 31 heavy (non-hydrogen) atoms. The number of ether oxygens (including phenoxy) is 1. The fourth-order valence-corrected chi connectivity index (χ4v) is 3.35. The van der Waals surface area contributed by atoms with E-state index in [2.05, 4.69) is 10.6 Å². The predicted octanol–water partition coefficient (Wildman–Crippen LogP) is 5.12. The van der Waals surface area contributed by atoms with E-state index in [1.165, 1.54) is 6.92 Å². The van der Waals surface area contributed by atoms with Gasteiger partial charge in [0.25, 0.3) is 5.91 Å². The molecule has 1 heterocycles. The molecule has 2 amide bonds. The maximum atomic E-state index is 13.2. The standard InChI is InChI=1S/C25H21N3O3/c1-16(29)26-18-6-5-7-19(14-18)27-25(30)22-15-24(17-10-12-20(31-2)13-11-17)28-23-9-4-3-8-21(22)23/h3-15H,1-2H3,(H,26,29)(H,27,30). The maximum absolute atomic E-state index is 13.2. The Labute approximate surface area is 179 Å². The first-order valence-corrected chi connectivity index (χ1v) is 9.77. The van der Waals surface area contributed by atoms with Gasteiger partial charge in [-0.2, -0.15) is 0 Å². The van der Waals surface area contributed by atoms with Crippen LogP contribution in [0.25, 0.3) is 22.2 Å². The highest BCUT2D eigenvalue weighted by molar-refractivity contribution is 6.13. The van der Waals surface area contributed by atoms with E-state index in [0.29, 0.717) is 22.6 Å². The smallest absolute Gasteiger partial charge is 0.256 e. The second kappa shape index (κ2) is 8.67. The molecule has 0 bridgehead atoms. The average Bonchev–Trinajstić information content (AvgIpc) is 2.78. The molecule has 0 fully saturated rings. The summed E-state index contributed by atoms with van der Waals surface area (Å²) in [7, 11) is 1.62. The molecule has 0 aliphatic rings. The van der Waals surface area contributed by atoms with E-state index < -0.39 is 0 Å². The highest BCUT2D eigenvalue weighted by Gasteiger charge is 2.14. The molecule has 0 aliphatic heterocycles. The predicted molar refractivity (Wildman–Crippen MR) is 122 cm³/mol. The van der Waals surface area contributed by atoms with E-state index in [1.54, 1.807) is 37.4 Å². The molecule has 154 valence electrons. The van der Waals surface area contributed by atoms with Gasteiger partial charge >= 0.3 is 0 Å². The highest BCUT2D eigenvalue weighted by atomic mass is 16.5. The van der Waals surface area contributed by atoms with Crippen LogP contribution in [-0.2, 0) is 4.79 Å². The third kappa shape index (κ3) is 4.53. The number of aromatic nitrogens is 1. The molecule has 0 radical (unpaired) electrons. The Morgan fingerprint density at radius 3 is 2.26 bits per heavy atom. The molecular formula is C25H21N3O3. The van der Waals surface area contributed by atoms with Crippen LogP contribution in [0.2, 0.25) is 0 Å². The van der Waals surface area contributed by atoms with Crippen LogP contribution in [0.3, 0.4) is 0 Å². The minimum Gasteiger partial charge on any atom is -0.497 e. The Balaban J connectivity index is 1.72. The van der Waals surface area contributed by atoms with Gasteiger partial charge in [-0.3, -0.25) is 9.59 Å². The molecule has 6 nitrogen and oxygen atoms in total. The molecule has 1 aromatic heterocycles. The zero-order chi connectivity index (χ0) is 21.8. The van der Waals surface area contributed by atoms with Crippen molar-refractivity contribution in [2.24, 2.45) is 0 Å². The third-order valence-corrected chi connectivity index (χ3v) is 4.79. The number of pyridine rings is 1. The monoisotopic (exact) mass is 411 g/mol. The summed E-state index contributed by atoms with van der Waals surface area (Å²) >= 11 is 0. The molecule has 3 aromatic carbocycles. The number of para-hydroxylation sites is 1. The summed E-state index contributed by atoms with van der Waals surface area (Å²) in [6.45, 7) is 1.44. The Morgan fingerprint density at radius 2 is 1.55 bits per heavy atom. The molecular weight excluding hydrogens is 390 g/mol. The first-order chi connectivity index (χ1) is 15.0. The number of anilines is 2. The summed E-state index contributed by atoms with van der Waals surface area (Å²) in [4.78, 5) is 29.2. The number of carbonyl (C=O) groups is 2. The lowest BCUT2D eigenvalue weighted by Gasteiger charge is -2.12. The highest BCUT2D eigenvalue weighted by Crippen LogP contribution is 2.27. The number of hydrogen-bond acceptors (Lipinski definition) is 4. The van der Waals surface area contributed by atoms with E-state index >= 15 is 0 Å². The zero-order valence-electron chi connectivity index (χ0n) is 17.2. The molecule has 0 aliphatic carbocycles. The second-order valence-electron chi connectivity index (χ2n) is 7.02. The number of fused-ring (bicyclic) bond motifs is 1. The number of nitrogens with one attached hydrogen (secondary N) is 2. The van der Waals surface area contributed by atoms with Crippen LogP contribution in [-0.4, -0.2) is 23.9 Å². The first kappa shape index (κ1) is 20.1. The van der Waals surface area contributed by atoms with Crippen LogP contribution in [0.5, 0.6) is 5.75 Å². The van der Waals surface area contributed by atoms with Crippen molar-refractivity contribution >= 4 is 34.1 Å². The number of hydrogen-bond donors (Lipinski definition) is 2. The van der Waals surface area contributed by atoms with Gasteiger partial charge in [-0.25, -0.2) is 4.98 Å². The number of amides is 2. The van der Waals surface area contributed by atoms with Crippen molar-refractivity contribution in [3.63, 3.8) is 0 Å². The fraction of sp³-hybridized carbons (Fsp3) is 0.0800. The lowest BCUT2D eigenvalue weighted by molar-refractivity contribution is -0.114. The van der Waals surface area contributed by atoms with Crippen LogP contribution in [0, 0.1) is 0 Å². The van der Waals surface area contributed by atoms with E-state index in [4.69, 9.17) is 9.72 Å². The third-order valence-electron chi connectivity index (χ3n) is 4.79. The lowest BCUT2D eigenvalue weighted by Crippen LogP contribution is -2.13. The van der Waals surface area contributed by atoms with Crippen LogP contribution in [0.15, 0.2) is 78.9 Å². The van der Waals surface area contributed by atoms with E-state index in [-0.39, 0.29) is 11.8 Å². The first-order valence-electron chi connectivity index (χ1n) is 9.77. The number of benzene rings is 3. The van der Waals surface area contributed by atoms with Gasteiger partial charge in [-0.05, 0) is 54.6 Å². The summed E-state index contributed by atoms with van der Waals surface area (Å²) in [6.07, 6.45) is 0. The topological polar surface area (TPSA) is 80.3 Å². The van der Waals surface area contributed by atoms with Crippen molar-refractivity contribution in [1.82, 2.24) is 4.98 Å². The van der Waals surface area contributed by atoms with Crippen molar-refractivity contribution in [1.29, 1.82) is 0 Å². The zero-order valence-corrected chi connectivity index (χ0v) is 17.2. The second-order valence-corrected chi connectivity index (χ2v) is 7.02. The summed E-state index contributed by atoms with van der Waals surface area (Å²) in [5.74, 6) is 0.322. The molecule has 6 heteroatoms. The molecule has 0 unspecified atom stereocenters. The van der Waals surface area contributed by atoms with Gasteiger partial charge in [-0.1, -0.05) is 24.3 Å². The number of carbonyl (C=O) groups excluding carboxylic acids is 2. The van der Waals surface area contributed by atoms with Crippen LogP contribution >= 0.6 is 0 Å². The molecule has 0 atom stereocenters. The van der Waals surface area contributed by atoms with Crippen molar-refractivity contribution in [3.8, 4) is 17.0 Å². The van der Waals surface area contributed by atoms with Crippen molar-refractivity contribution in [2.75, 3.05) is 17.7 Å². The normalized spacial score (nSPS) is 10.5. The molecule has 4 rings (SSSR count). The quantitative estimate of drug-likeness (QED) is 0.478. The maximum Gasteiger partial charge on any atom is 0.256 e. The summed E-state index contributed by atoms with van der Waals surface area (Å²) in [5, 5.41) is 6.40. The molecule has 4 aromatic rings. The largest absolute Gasteiger partial charge is 0.497 e. The van der Waals surface area contributed by atoms with Gasteiger partial charge in [-0.15, -0.1) is 0 Å². The number of nitrogens with zero attached hydrogens (tertiary/aromatic N) is 1. The number of methoxy groups -OCH3 is 1. The Kier molecular flexibility index (Phi) is 5.62. The molecule has 2 N–H and O–H groups in total. The van der Waals surface area contributed by atoms with Gasteiger partial charge in [0.1, 0.15) is 5.75 Å². The van der Waals surface area contributed by atoms with Crippen molar-refractivity contribution in [3.05, 3.63) is 84.4 Å². The van der Waals surface area contributed by atoms with Gasteiger partial charge in [0.2, 0.25) is 5.91 Å². The fourth-order valence-electron chi connectivity index (χ4n) is 3.35. The molecule has 0 saturated heterocycles. The Morgan fingerprint density at radius 1 is 0.839 bits per heavy atom. The molecule has 0 saturated carbocycles. The summed E-state index contributed by atoms with van der Waals surface area (Å²) in [5.41, 5.74) is 4.02. The van der Waals surface area contributed by atoms with Gasteiger partial charge in [0, 0.05) is 29.2 Å². The SMILES string of the molecule is COc1ccc(-c2cc(C(=O)Nc3cccc(NC(C)=O)c3)c3ccccc3n2)cc1. The number of rotatable bonds is 5. The van der Waals surface area contributed by atoms with Crippen LogP contribution < -0.4 is 15.4 Å². The van der Waals surface area contributed by atoms with Gasteiger partial charge in [0.15, 0.2) is 0 Å². The minimum atomic E-state index is -0.256. The lowest BCUT2D eigenvalue weighted by atomic mass is 10.0. The summed E-state index contributed by atoms with van der Waals surface area (Å²) < 4.78 is 5.23. The van der Waals surface area contributed by atoms with Crippen molar-refractivity contribution in [2.45, 2.75) is 6.92 Å². The average molecular weight is 411 g/mol. The van der Waals surface area contributed by atoms with E-state index in [9.17, 15) is 9.59 Å². The Bertz CT molecular complexity index is 1270.